The van der Waals surface area contributed by atoms with Crippen LogP contribution in [0, 0.1) is 0 Å². The van der Waals surface area contributed by atoms with Crippen LogP contribution in [0.2, 0.25) is 0 Å². The molecule has 0 saturated heterocycles. The quantitative estimate of drug-likeness (QED) is 0.467. The van der Waals surface area contributed by atoms with E-state index in [-0.39, 0.29) is 5.91 Å². The maximum Gasteiger partial charge on any atom is 0.246 e. The van der Waals surface area contributed by atoms with Crippen molar-refractivity contribution in [2.75, 3.05) is 0 Å². The molecule has 4 nitrogen and oxygen atoms in total. The predicted octanol–water partition coefficient (Wildman–Crippen LogP) is 4.52. The summed E-state index contributed by atoms with van der Waals surface area (Å²) in [6, 6.07) is 20.4. The monoisotopic (exact) mass is 371 g/mol. The summed E-state index contributed by atoms with van der Waals surface area (Å²) in [5.74, 6) is 0.735. The molecule has 1 aromatic heterocycles. The molecule has 0 fully saturated rings. The highest BCUT2D eigenvalue weighted by atomic mass is 16.1. The molecule has 1 amide bonds. The van der Waals surface area contributed by atoms with Gasteiger partial charge in [-0.05, 0) is 12.5 Å². The molecule has 4 heteroatoms. The van der Waals surface area contributed by atoms with Gasteiger partial charge in [-0.1, -0.05) is 73.3 Å². The number of nitrogens with zero attached hydrogens (tertiary/aromatic N) is 2. The molecule has 0 spiro atoms. The molecule has 0 radical (unpaired) electrons. The second-order valence-electron chi connectivity index (χ2n) is 6.72. The lowest BCUT2D eigenvalue weighted by Gasteiger charge is -2.14. The van der Waals surface area contributed by atoms with E-state index in [0.29, 0.717) is 25.1 Å². The van der Waals surface area contributed by atoms with E-state index in [1.807, 2.05) is 42.5 Å². The Morgan fingerprint density at radius 2 is 1.75 bits per heavy atom. The minimum absolute atomic E-state index is 0.154. The Morgan fingerprint density at radius 3 is 2.36 bits per heavy atom. The summed E-state index contributed by atoms with van der Waals surface area (Å²) in [7, 11) is 0. The van der Waals surface area contributed by atoms with Crippen molar-refractivity contribution in [1.29, 1.82) is 0 Å². The zero-order valence-electron chi connectivity index (χ0n) is 16.2. The van der Waals surface area contributed by atoms with Gasteiger partial charge in [0.05, 0.1) is 17.9 Å². The maximum atomic E-state index is 12.1. The molecule has 0 saturated carbocycles. The normalized spacial score (nSPS) is 10.5. The fourth-order valence-electron chi connectivity index (χ4n) is 3.09. The van der Waals surface area contributed by atoms with Gasteiger partial charge in [-0.2, -0.15) is 0 Å². The first kappa shape index (κ1) is 19.4. The summed E-state index contributed by atoms with van der Waals surface area (Å²) in [6.45, 7) is 10.4. The van der Waals surface area contributed by atoms with Crippen molar-refractivity contribution in [1.82, 2.24) is 14.9 Å². The molecule has 0 atom stereocenters. The van der Waals surface area contributed by atoms with Gasteiger partial charge in [0.1, 0.15) is 5.82 Å². The molecule has 3 rings (SSSR count). The third-order valence-corrected chi connectivity index (χ3v) is 4.51. The summed E-state index contributed by atoms with van der Waals surface area (Å²) in [5.41, 5.74) is 4.61. The van der Waals surface area contributed by atoms with Crippen molar-refractivity contribution in [3.8, 4) is 11.4 Å². The summed E-state index contributed by atoms with van der Waals surface area (Å²) >= 11 is 0. The fraction of sp³-hybridized carbons (Fsp3) is 0.167. The van der Waals surface area contributed by atoms with E-state index in [2.05, 4.69) is 47.3 Å². The topological polar surface area (TPSA) is 46.9 Å². The number of rotatable bonds is 8. The van der Waals surface area contributed by atoms with Crippen LogP contribution in [0.25, 0.3) is 11.4 Å². The number of carbonyl (C=O) groups excluding carboxylic acids is 1. The lowest BCUT2D eigenvalue weighted by molar-refractivity contribution is -0.117. The third kappa shape index (κ3) is 4.46. The highest BCUT2D eigenvalue weighted by Crippen LogP contribution is 2.25. The Morgan fingerprint density at radius 1 is 1.11 bits per heavy atom. The van der Waals surface area contributed by atoms with E-state index in [4.69, 9.17) is 4.98 Å². The van der Waals surface area contributed by atoms with Crippen molar-refractivity contribution in [2.45, 2.75) is 26.4 Å². The van der Waals surface area contributed by atoms with Gasteiger partial charge in [0.25, 0.3) is 0 Å². The summed E-state index contributed by atoms with van der Waals surface area (Å²) in [5, 5.41) is 2.95. The minimum Gasteiger partial charge on any atom is -0.347 e. The van der Waals surface area contributed by atoms with E-state index in [9.17, 15) is 4.79 Å². The van der Waals surface area contributed by atoms with E-state index < -0.39 is 0 Å². The second-order valence-corrected chi connectivity index (χ2v) is 6.72. The average Bonchev–Trinajstić information content (AvgIpc) is 3.05. The molecule has 2 aromatic carbocycles. The van der Waals surface area contributed by atoms with Crippen LogP contribution < -0.4 is 5.32 Å². The van der Waals surface area contributed by atoms with Crippen molar-refractivity contribution < 1.29 is 4.79 Å². The molecule has 0 aliphatic carbocycles. The Bertz CT molecular complexity index is 972. The molecule has 28 heavy (non-hydrogen) atoms. The molecule has 142 valence electrons. The van der Waals surface area contributed by atoms with Crippen LogP contribution in [-0.2, 0) is 24.3 Å². The maximum absolute atomic E-state index is 12.1. The van der Waals surface area contributed by atoms with Gasteiger partial charge in [0.15, 0.2) is 0 Å². The molecule has 0 bridgehead atoms. The van der Waals surface area contributed by atoms with Crippen molar-refractivity contribution in [3.63, 3.8) is 0 Å². The van der Waals surface area contributed by atoms with Crippen LogP contribution in [0.5, 0.6) is 0 Å². The predicted molar refractivity (Wildman–Crippen MR) is 114 cm³/mol. The van der Waals surface area contributed by atoms with E-state index >= 15 is 0 Å². The number of hydrogen-bond donors (Lipinski definition) is 1. The molecule has 1 N–H and O–H groups in total. The van der Waals surface area contributed by atoms with E-state index in [0.717, 1.165) is 22.8 Å². The number of benzene rings is 2. The first-order valence-electron chi connectivity index (χ1n) is 9.32. The van der Waals surface area contributed by atoms with Crippen molar-refractivity contribution in [2.24, 2.45) is 0 Å². The number of aromatic nitrogens is 2. The highest BCUT2D eigenvalue weighted by Gasteiger charge is 2.18. The van der Waals surface area contributed by atoms with Gasteiger partial charge in [-0.15, -0.1) is 6.58 Å². The summed E-state index contributed by atoms with van der Waals surface area (Å²) < 4.78 is 2.18. The first-order valence-corrected chi connectivity index (χ1v) is 9.32. The number of amides is 1. The van der Waals surface area contributed by atoms with Gasteiger partial charge >= 0.3 is 0 Å². The average molecular weight is 371 g/mol. The standard InChI is InChI=1S/C24H25N3O/c1-4-11-21-22(16-25-24(28)18(2)3)27(17-19-12-7-5-8-13-19)23(26-21)20-14-9-6-10-15-20/h4-10,12-15H,1-2,11,16-17H2,3H3,(H,25,28). The largest absolute Gasteiger partial charge is 0.347 e. The van der Waals surface area contributed by atoms with Crippen LogP contribution in [0.15, 0.2) is 85.5 Å². The molecule has 3 aromatic rings. The van der Waals surface area contributed by atoms with Crippen molar-refractivity contribution >= 4 is 5.91 Å². The summed E-state index contributed by atoms with van der Waals surface area (Å²) in [4.78, 5) is 17.0. The Hall–Kier alpha value is -3.40. The summed E-state index contributed by atoms with van der Waals surface area (Å²) in [6.07, 6.45) is 2.48. The van der Waals surface area contributed by atoms with Gasteiger partial charge in [0, 0.05) is 24.1 Å². The Labute approximate surface area is 166 Å². The van der Waals surface area contributed by atoms with Gasteiger partial charge < -0.3 is 9.88 Å². The zero-order valence-corrected chi connectivity index (χ0v) is 16.2. The highest BCUT2D eigenvalue weighted by molar-refractivity contribution is 5.92. The number of nitrogens with one attached hydrogen (secondary N) is 1. The van der Waals surface area contributed by atoms with Gasteiger partial charge in [0.2, 0.25) is 5.91 Å². The van der Waals surface area contributed by atoms with Crippen LogP contribution in [-0.4, -0.2) is 15.5 Å². The zero-order chi connectivity index (χ0) is 19.9. The molecule has 1 heterocycles. The Kier molecular flexibility index (Phi) is 6.22. The van der Waals surface area contributed by atoms with Crippen LogP contribution in [0.4, 0.5) is 0 Å². The Balaban J connectivity index is 2.08. The second kappa shape index (κ2) is 9.00. The lowest BCUT2D eigenvalue weighted by atomic mass is 10.2. The first-order chi connectivity index (χ1) is 13.6. The minimum atomic E-state index is -0.154. The van der Waals surface area contributed by atoms with Crippen LogP contribution >= 0.6 is 0 Å². The molecule has 0 unspecified atom stereocenters. The smallest absolute Gasteiger partial charge is 0.246 e. The lowest BCUT2D eigenvalue weighted by Crippen LogP contribution is -2.25. The van der Waals surface area contributed by atoms with E-state index in [1.54, 1.807) is 6.92 Å². The number of imidazole rings is 1. The van der Waals surface area contributed by atoms with E-state index in [1.165, 1.54) is 5.56 Å². The third-order valence-electron chi connectivity index (χ3n) is 4.51. The van der Waals surface area contributed by atoms with Crippen molar-refractivity contribution in [3.05, 3.63) is 102 Å². The number of allylic oxidation sites excluding steroid dienone is 1. The van der Waals surface area contributed by atoms with Gasteiger partial charge in [-0.3, -0.25) is 4.79 Å². The molecule has 0 aliphatic heterocycles. The van der Waals surface area contributed by atoms with Crippen LogP contribution in [0.1, 0.15) is 23.9 Å². The van der Waals surface area contributed by atoms with Gasteiger partial charge in [-0.25, -0.2) is 4.98 Å². The SMILES string of the molecule is C=CCc1nc(-c2ccccc2)n(Cc2ccccc2)c1CNC(=O)C(=C)C. The molecular formula is C24H25N3O. The molecular weight excluding hydrogens is 346 g/mol. The molecule has 0 aliphatic rings. The van der Waals surface area contributed by atoms with Crippen LogP contribution in [0.3, 0.4) is 0 Å². The number of carbonyl (C=O) groups is 1. The number of hydrogen-bond acceptors (Lipinski definition) is 2. The fourth-order valence-corrected chi connectivity index (χ4v) is 3.09.